The predicted molar refractivity (Wildman–Crippen MR) is 110 cm³/mol. The summed E-state index contributed by atoms with van der Waals surface area (Å²) in [4.78, 5) is 12.7. The first-order valence-electron chi connectivity index (χ1n) is 11.2. The smallest absolute Gasteiger partial charge is 0.311 e. The van der Waals surface area contributed by atoms with Crippen LogP contribution in [-0.4, -0.2) is 44.0 Å². The number of nitrogens with one attached hydrogen (secondary N) is 1. The molecule has 4 fully saturated rings. The quantitative estimate of drug-likeness (QED) is 0.452. The Labute approximate surface area is 173 Å². The Morgan fingerprint density at radius 3 is 2.97 bits per heavy atom. The molecule has 5 rings (SSSR count). The van der Waals surface area contributed by atoms with Crippen LogP contribution in [0.4, 0.5) is 0 Å². The Morgan fingerprint density at radius 2 is 2.14 bits per heavy atom. The SMILES string of the molecule is COc1ccccc1CCNC[C@H]1C(=O)O[C@@H]2C[C@@]3(C)CCC[C@H](C)[C@]34O[C@H]4[C@@H]21. The third-order valence-electron chi connectivity index (χ3n) is 8.32. The van der Waals surface area contributed by atoms with Gasteiger partial charge in [0, 0.05) is 17.9 Å². The molecule has 1 N–H and O–H groups in total. The molecule has 2 saturated carbocycles. The minimum atomic E-state index is -0.0966. The zero-order valence-electron chi connectivity index (χ0n) is 17.8. The summed E-state index contributed by atoms with van der Waals surface area (Å²) >= 11 is 0. The second-order valence-corrected chi connectivity index (χ2v) is 9.81. The Bertz CT molecular complexity index is 797. The van der Waals surface area contributed by atoms with Crippen molar-refractivity contribution >= 4 is 5.97 Å². The van der Waals surface area contributed by atoms with Gasteiger partial charge in [-0.15, -0.1) is 0 Å². The highest BCUT2D eigenvalue weighted by molar-refractivity contribution is 5.76. The van der Waals surface area contributed by atoms with Crippen molar-refractivity contribution in [2.75, 3.05) is 20.2 Å². The van der Waals surface area contributed by atoms with Gasteiger partial charge >= 0.3 is 5.97 Å². The maximum atomic E-state index is 12.7. The summed E-state index contributed by atoms with van der Waals surface area (Å²) in [6, 6.07) is 8.10. The lowest BCUT2D eigenvalue weighted by Crippen LogP contribution is -2.54. The van der Waals surface area contributed by atoms with Crippen LogP contribution in [0.1, 0.15) is 45.1 Å². The molecule has 2 saturated heterocycles. The number of carbonyl (C=O) groups excluding carboxylic acids is 1. The van der Waals surface area contributed by atoms with Crippen LogP contribution in [0.15, 0.2) is 24.3 Å². The molecule has 0 unspecified atom stereocenters. The van der Waals surface area contributed by atoms with Gasteiger partial charge in [0.05, 0.1) is 19.1 Å². The average Bonchev–Trinajstić information content (AvgIpc) is 3.39. The molecule has 7 atom stereocenters. The van der Waals surface area contributed by atoms with E-state index >= 15 is 0 Å². The number of carbonyl (C=O) groups is 1. The topological polar surface area (TPSA) is 60.1 Å². The third kappa shape index (κ3) is 2.84. The minimum Gasteiger partial charge on any atom is -0.496 e. The number of para-hydroxylation sites is 1. The number of esters is 1. The monoisotopic (exact) mass is 399 g/mol. The van der Waals surface area contributed by atoms with E-state index in [4.69, 9.17) is 14.2 Å². The van der Waals surface area contributed by atoms with Crippen molar-refractivity contribution in [3.05, 3.63) is 29.8 Å². The summed E-state index contributed by atoms with van der Waals surface area (Å²) in [5, 5.41) is 3.51. The first-order valence-corrected chi connectivity index (χ1v) is 11.2. The molecule has 29 heavy (non-hydrogen) atoms. The van der Waals surface area contributed by atoms with Gasteiger partial charge in [-0.3, -0.25) is 4.79 Å². The van der Waals surface area contributed by atoms with Gasteiger partial charge in [-0.1, -0.05) is 38.5 Å². The molecule has 158 valence electrons. The first kappa shape index (κ1) is 19.4. The molecule has 2 aliphatic heterocycles. The number of rotatable bonds is 6. The Balaban J connectivity index is 1.24. The highest BCUT2D eigenvalue weighted by atomic mass is 16.6. The van der Waals surface area contributed by atoms with Gasteiger partial charge in [-0.2, -0.15) is 0 Å². The number of benzene rings is 1. The molecule has 1 spiro atoms. The van der Waals surface area contributed by atoms with Crippen LogP contribution in [0.25, 0.3) is 0 Å². The van der Waals surface area contributed by atoms with Crippen LogP contribution in [0.5, 0.6) is 5.75 Å². The molecule has 1 aromatic carbocycles. The summed E-state index contributed by atoms with van der Waals surface area (Å²) in [7, 11) is 1.70. The van der Waals surface area contributed by atoms with E-state index in [0.29, 0.717) is 12.5 Å². The van der Waals surface area contributed by atoms with Crippen molar-refractivity contribution in [2.24, 2.45) is 23.2 Å². The highest BCUT2D eigenvalue weighted by Crippen LogP contribution is 2.70. The molecule has 4 aliphatic rings. The van der Waals surface area contributed by atoms with Crippen molar-refractivity contribution in [2.45, 2.75) is 63.8 Å². The van der Waals surface area contributed by atoms with E-state index in [0.717, 1.165) is 25.1 Å². The summed E-state index contributed by atoms with van der Waals surface area (Å²) in [5.41, 5.74) is 1.32. The Kier molecular flexibility index (Phi) is 4.67. The largest absolute Gasteiger partial charge is 0.496 e. The standard InChI is InChI=1S/C24H33NO4/c1-15-7-6-11-23(2)13-19-20(21-24(15,23)29-21)17(22(26)28-19)14-25-12-10-16-8-4-5-9-18(16)27-3/h4-5,8-9,15,17,19-21,25H,6-7,10-14H2,1-3H3/t15-,17+,19+,20+,21-,23+,24+/m0/s1. The predicted octanol–water partition coefficient (Wildman–Crippen LogP) is 3.35. The molecule has 2 aliphatic carbocycles. The van der Waals surface area contributed by atoms with E-state index in [1.807, 2.05) is 18.2 Å². The van der Waals surface area contributed by atoms with Crippen LogP contribution < -0.4 is 10.1 Å². The molecule has 0 bridgehead atoms. The van der Waals surface area contributed by atoms with E-state index < -0.39 is 0 Å². The molecule has 5 nitrogen and oxygen atoms in total. The van der Waals surface area contributed by atoms with Crippen LogP contribution in [0, 0.1) is 23.2 Å². The first-order chi connectivity index (χ1) is 14.0. The molecule has 1 aromatic rings. The number of ether oxygens (including phenoxy) is 3. The van der Waals surface area contributed by atoms with Crippen molar-refractivity contribution in [1.29, 1.82) is 0 Å². The van der Waals surface area contributed by atoms with E-state index in [-0.39, 0.29) is 41.0 Å². The summed E-state index contributed by atoms with van der Waals surface area (Å²) in [5.74, 6) is 1.56. The van der Waals surface area contributed by atoms with Crippen molar-refractivity contribution in [1.82, 2.24) is 5.32 Å². The fourth-order valence-electron chi connectivity index (χ4n) is 6.86. The number of methoxy groups -OCH3 is 1. The second kappa shape index (κ2) is 6.98. The highest BCUT2D eigenvalue weighted by Gasteiger charge is 2.78. The summed E-state index contributed by atoms with van der Waals surface area (Å²) in [6.07, 6.45) is 5.74. The molecule has 0 radical (unpaired) electrons. The maximum Gasteiger partial charge on any atom is 0.311 e. The van der Waals surface area contributed by atoms with Gasteiger partial charge in [0.1, 0.15) is 17.5 Å². The van der Waals surface area contributed by atoms with Gasteiger partial charge in [0.15, 0.2) is 0 Å². The fraction of sp³-hybridized carbons (Fsp3) is 0.708. The lowest BCUT2D eigenvalue weighted by molar-refractivity contribution is -0.146. The third-order valence-corrected chi connectivity index (χ3v) is 8.32. The van der Waals surface area contributed by atoms with Crippen molar-refractivity contribution in [3.63, 3.8) is 0 Å². The van der Waals surface area contributed by atoms with E-state index in [9.17, 15) is 4.79 Å². The number of hydrogen-bond donors (Lipinski definition) is 1. The Hall–Kier alpha value is -1.59. The van der Waals surface area contributed by atoms with Crippen LogP contribution in [-0.2, 0) is 20.7 Å². The Morgan fingerprint density at radius 1 is 1.31 bits per heavy atom. The number of fused-ring (bicyclic) bond motifs is 2. The summed E-state index contributed by atoms with van der Waals surface area (Å²) in [6.45, 7) is 6.18. The van der Waals surface area contributed by atoms with E-state index in [1.54, 1.807) is 7.11 Å². The van der Waals surface area contributed by atoms with Crippen molar-refractivity contribution < 1.29 is 19.0 Å². The zero-order chi connectivity index (χ0) is 20.2. The molecular weight excluding hydrogens is 366 g/mol. The van der Waals surface area contributed by atoms with E-state index in [1.165, 1.54) is 24.8 Å². The number of epoxide rings is 1. The number of hydrogen-bond acceptors (Lipinski definition) is 5. The zero-order valence-corrected chi connectivity index (χ0v) is 17.8. The average molecular weight is 400 g/mol. The van der Waals surface area contributed by atoms with Gasteiger partial charge in [-0.05, 0) is 49.8 Å². The van der Waals surface area contributed by atoms with Crippen LogP contribution >= 0.6 is 0 Å². The maximum absolute atomic E-state index is 12.7. The summed E-state index contributed by atoms with van der Waals surface area (Å²) < 4.78 is 17.8. The molecule has 0 amide bonds. The van der Waals surface area contributed by atoms with E-state index in [2.05, 4.69) is 25.2 Å². The van der Waals surface area contributed by atoms with Crippen LogP contribution in [0.3, 0.4) is 0 Å². The molecule has 0 aromatic heterocycles. The van der Waals surface area contributed by atoms with Crippen LogP contribution in [0.2, 0.25) is 0 Å². The fourth-order valence-corrected chi connectivity index (χ4v) is 6.86. The van der Waals surface area contributed by atoms with Gasteiger partial charge in [-0.25, -0.2) is 0 Å². The lowest BCUT2D eigenvalue weighted by Gasteiger charge is -2.48. The molecular formula is C24H33NO4. The lowest BCUT2D eigenvalue weighted by atomic mass is 9.53. The van der Waals surface area contributed by atoms with Gasteiger partial charge in [0.25, 0.3) is 0 Å². The normalized spacial score (nSPS) is 42.4. The molecule has 5 heteroatoms. The van der Waals surface area contributed by atoms with Crippen molar-refractivity contribution in [3.8, 4) is 5.75 Å². The minimum absolute atomic E-state index is 0.0178. The van der Waals surface area contributed by atoms with Gasteiger partial charge in [0.2, 0.25) is 0 Å². The van der Waals surface area contributed by atoms with Gasteiger partial charge < -0.3 is 19.5 Å². The second-order valence-electron chi connectivity index (χ2n) is 9.81. The molecule has 2 heterocycles.